The van der Waals surface area contributed by atoms with Crippen LogP contribution in [0.2, 0.25) is 0 Å². The summed E-state index contributed by atoms with van der Waals surface area (Å²) >= 11 is 0. The first-order valence-corrected chi connectivity index (χ1v) is 15.8. The standard InChI is InChI=1S/C32H35F9N6O2/c1-4-49-28(48)20-7-9-23(10-8-20)46-11-5-6-26(24-12-18(2)25(16-27(24)46)32(39,40)41)47(29-42-44-45(3)43-29)17-19-13-21(30(33,34)35)15-22(14-19)31(36,37)38/h12-16,20,23,26H,4-11,17H2,1-3H3/t20?,23?,26-/m0/s1. The lowest BCUT2D eigenvalue weighted by Gasteiger charge is -2.39. The number of rotatable bonds is 7. The molecule has 49 heavy (non-hydrogen) atoms. The van der Waals surface area contributed by atoms with Gasteiger partial charge in [-0.1, -0.05) is 11.2 Å². The highest BCUT2D eigenvalue weighted by Crippen LogP contribution is 2.46. The van der Waals surface area contributed by atoms with Gasteiger partial charge in [0.2, 0.25) is 0 Å². The van der Waals surface area contributed by atoms with Crippen LogP contribution in [0.4, 0.5) is 51.1 Å². The van der Waals surface area contributed by atoms with Crippen molar-refractivity contribution >= 4 is 17.6 Å². The van der Waals surface area contributed by atoms with Crippen LogP contribution < -0.4 is 9.80 Å². The number of anilines is 2. The van der Waals surface area contributed by atoms with Crippen LogP contribution in [0, 0.1) is 12.8 Å². The van der Waals surface area contributed by atoms with Crippen LogP contribution in [0.15, 0.2) is 30.3 Å². The lowest BCUT2D eigenvalue weighted by Crippen LogP contribution is -2.40. The molecular formula is C32H35F9N6O2. The van der Waals surface area contributed by atoms with Gasteiger partial charge in [0.25, 0.3) is 5.95 Å². The van der Waals surface area contributed by atoms with E-state index in [2.05, 4.69) is 15.4 Å². The molecule has 1 aliphatic carbocycles. The van der Waals surface area contributed by atoms with Crippen molar-refractivity contribution in [1.29, 1.82) is 0 Å². The monoisotopic (exact) mass is 706 g/mol. The molecule has 17 heteroatoms. The van der Waals surface area contributed by atoms with Gasteiger partial charge in [0.05, 0.1) is 42.3 Å². The van der Waals surface area contributed by atoms with Crippen molar-refractivity contribution in [2.45, 2.75) is 89.5 Å². The molecule has 1 fully saturated rings. The molecule has 1 atom stereocenters. The molecule has 2 aliphatic rings. The zero-order valence-corrected chi connectivity index (χ0v) is 26.9. The third-order valence-electron chi connectivity index (χ3n) is 9.11. The first-order valence-electron chi connectivity index (χ1n) is 15.8. The Kier molecular flexibility index (Phi) is 10.1. The second-order valence-electron chi connectivity index (χ2n) is 12.5. The van der Waals surface area contributed by atoms with E-state index in [1.54, 1.807) is 6.92 Å². The molecule has 0 radical (unpaired) electrons. The van der Waals surface area contributed by atoms with E-state index in [-0.39, 0.29) is 59.8 Å². The molecule has 2 aromatic carbocycles. The van der Waals surface area contributed by atoms with Crippen molar-refractivity contribution in [2.75, 3.05) is 23.0 Å². The fraction of sp³-hybridized carbons (Fsp3) is 0.562. The van der Waals surface area contributed by atoms with E-state index in [1.807, 2.05) is 4.90 Å². The van der Waals surface area contributed by atoms with Gasteiger partial charge in [-0.3, -0.25) is 4.79 Å². The van der Waals surface area contributed by atoms with Gasteiger partial charge in [0.15, 0.2) is 0 Å². The number of tetrazole rings is 1. The third kappa shape index (κ3) is 8.06. The summed E-state index contributed by atoms with van der Waals surface area (Å²) in [6.45, 7) is 3.02. The number of esters is 1. The van der Waals surface area contributed by atoms with Gasteiger partial charge in [-0.05, 0) is 98.5 Å². The number of nitrogens with zero attached hydrogens (tertiary/aromatic N) is 6. The second-order valence-corrected chi connectivity index (χ2v) is 12.5. The maximum atomic E-state index is 14.3. The lowest BCUT2D eigenvalue weighted by atomic mass is 9.84. The summed E-state index contributed by atoms with van der Waals surface area (Å²) in [5, 5.41) is 12.0. The highest BCUT2D eigenvalue weighted by Gasteiger charge is 2.41. The number of aryl methyl sites for hydroxylation is 2. The zero-order valence-electron chi connectivity index (χ0n) is 26.9. The Balaban J connectivity index is 1.61. The molecule has 268 valence electrons. The van der Waals surface area contributed by atoms with Crippen molar-refractivity contribution in [3.8, 4) is 0 Å². The van der Waals surface area contributed by atoms with Gasteiger partial charge < -0.3 is 14.5 Å². The van der Waals surface area contributed by atoms with Crippen molar-refractivity contribution in [3.63, 3.8) is 0 Å². The fourth-order valence-electron chi connectivity index (χ4n) is 6.87. The highest BCUT2D eigenvalue weighted by molar-refractivity contribution is 5.72. The number of hydrogen-bond acceptors (Lipinski definition) is 7. The van der Waals surface area contributed by atoms with Gasteiger partial charge >= 0.3 is 24.5 Å². The van der Waals surface area contributed by atoms with Crippen LogP contribution in [0.3, 0.4) is 0 Å². The van der Waals surface area contributed by atoms with Gasteiger partial charge in [-0.15, -0.1) is 5.10 Å². The van der Waals surface area contributed by atoms with E-state index < -0.39 is 47.8 Å². The van der Waals surface area contributed by atoms with Gasteiger partial charge in [0, 0.05) is 24.8 Å². The number of hydrogen-bond donors (Lipinski definition) is 0. The van der Waals surface area contributed by atoms with E-state index in [4.69, 9.17) is 4.74 Å². The molecular weight excluding hydrogens is 671 g/mol. The highest BCUT2D eigenvalue weighted by atomic mass is 19.4. The predicted octanol–water partition coefficient (Wildman–Crippen LogP) is 8.04. The molecule has 1 saturated carbocycles. The molecule has 3 aromatic rings. The summed E-state index contributed by atoms with van der Waals surface area (Å²) in [6, 6.07) is 2.62. The van der Waals surface area contributed by atoms with Gasteiger partial charge in [0.1, 0.15) is 0 Å². The molecule has 0 amide bonds. The maximum Gasteiger partial charge on any atom is 0.416 e. The topological polar surface area (TPSA) is 76.4 Å². The summed E-state index contributed by atoms with van der Waals surface area (Å²) in [6.07, 6.45) is -12.2. The van der Waals surface area contributed by atoms with E-state index in [9.17, 15) is 44.3 Å². The summed E-state index contributed by atoms with van der Waals surface area (Å²) in [4.78, 5) is 16.7. The van der Waals surface area contributed by atoms with E-state index in [0.717, 1.165) is 10.9 Å². The SMILES string of the molecule is CCOC(=O)C1CCC(N2CCC[C@H](N(Cc3cc(C(F)(F)F)cc(C(F)(F)F)c3)c3nnn(C)n3)c3cc(C)c(C(F)(F)F)cc32)CC1. The van der Waals surface area contributed by atoms with E-state index in [0.29, 0.717) is 56.3 Å². The van der Waals surface area contributed by atoms with Crippen molar-refractivity contribution < 1.29 is 49.0 Å². The Morgan fingerprint density at radius 1 is 0.898 bits per heavy atom. The van der Waals surface area contributed by atoms with E-state index >= 15 is 0 Å². The van der Waals surface area contributed by atoms with Crippen LogP contribution in [0.1, 0.15) is 84.9 Å². The Labute approximate surface area is 276 Å². The van der Waals surface area contributed by atoms with Crippen LogP contribution in [0.5, 0.6) is 0 Å². The van der Waals surface area contributed by atoms with Crippen molar-refractivity contribution in [3.05, 3.63) is 63.7 Å². The van der Waals surface area contributed by atoms with Gasteiger partial charge in [-0.25, -0.2) is 0 Å². The molecule has 0 unspecified atom stereocenters. The number of benzene rings is 2. The lowest BCUT2D eigenvalue weighted by molar-refractivity contribution is -0.149. The van der Waals surface area contributed by atoms with Crippen molar-refractivity contribution in [2.24, 2.45) is 13.0 Å². The third-order valence-corrected chi connectivity index (χ3v) is 9.11. The number of alkyl halides is 9. The summed E-state index contributed by atoms with van der Waals surface area (Å²) in [5.41, 5.74) is -3.68. The molecule has 1 aliphatic heterocycles. The van der Waals surface area contributed by atoms with Crippen LogP contribution in [0.25, 0.3) is 0 Å². The normalized spacial score (nSPS) is 20.5. The average Bonchev–Trinajstić information content (AvgIpc) is 3.36. The Morgan fingerprint density at radius 2 is 1.53 bits per heavy atom. The molecule has 0 bridgehead atoms. The average molecular weight is 707 g/mol. The number of carbonyl (C=O) groups excluding carboxylic acids is 1. The molecule has 8 nitrogen and oxygen atoms in total. The molecule has 2 heterocycles. The summed E-state index contributed by atoms with van der Waals surface area (Å²) in [7, 11) is 1.43. The first kappa shape index (κ1) is 36.2. The maximum absolute atomic E-state index is 14.3. The fourth-order valence-corrected chi connectivity index (χ4v) is 6.87. The molecule has 0 saturated heterocycles. The molecule has 5 rings (SSSR count). The quantitative estimate of drug-likeness (QED) is 0.182. The largest absolute Gasteiger partial charge is 0.466 e. The molecule has 0 N–H and O–H groups in total. The smallest absolute Gasteiger partial charge is 0.416 e. The summed E-state index contributed by atoms with van der Waals surface area (Å²) in [5.74, 6) is -0.764. The number of halogens is 9. The minimum atomic E-state index is -5.08. The number of ether oxygens (including phenoxy) is 1. The molecule has 1 aromatic heterocycles. The van der Waals surface area contributed by atoms with Gasteiger partial charge in [-0.2, -0.15) is 44.3 Å². The van der Waals surface area contributed by atoms with Crippen LogP contribution >= 0.6 is 0 Å². The van der Waals surface area contributed by atoms with Crippen LogP contribution in [-0.2, 0) is 41.7 Å². The number of aromatic nitrogens is 4. The van der Waals surface area contributed by atoms with Crippen LogP contribution in [-0.4, -0.2) is 45.4 Å². The zero-order chi connectivity index (χ0) is 35.9. The summed E-state index contributed by atoms with van der Waals surface area (Å²) < 4.78 is 131. The minimum Gasteiger partial charge on any atom is -0.466 e. The van der Waals surface area contributed by atoms with E-state index in [1.165, 1.54) is 24.9 Å². The second kappa shape index (κ2) is 13.7. The van der Waals surface area contributed by atoms with Crippen molar-refractivity contribution in [1.82, 2.24) is 20.2 Å². The Hall–Kier alpha value is -4.05. The predicted molar refractivity (Wildman–Crippen MR) is 159 cm³/mol. The number of carbonyl (C=O) groups is 1. The first-order chi connectivity index (χ1) is 22.9. The Morgan fingerprint density at radius 3 is 2.06 bits per heavy atom. The minimum absolute atomic E-state index is 0.0337. The molecule has 0 spiro atoms. The Bertz CT molecular complexity index is 1610. The number of fused-ring (bicyclic) bond motifs is 1.